The smallest absolute Gasteiger partial charge is 0.190 e. The molecule has 5 nitrogen and oxygen atoms in total. The fourth-order valence-electron chi connectivity index (χ4n) is 2.38. The van der Waals surface area contributed by atoms with E-state index in [2.05, 4.69) is 59.2 Å². The fraction of sp³-hybridized carbons (Fsp3) is 0.765. The van der Waals surface area contributed by atoms with Crippen LogP contribution in [-0.4, -0.2) is 35.9 Å². The molecule has 0 unspecified atom stereocenters. The molecule has 0 aliphatic carbocycles. The molecule has 1 aromatic rings. The van der Waals surface area contributed by atoms with Crippen LogP contribution in [0, 0.1) is 19.3 Å². The van der Waals surface area contributed by atoms with Crippen molar-refractivity contribution in [1.82, 2.24) is 20.4 Å². The summed E-state index contributed by atoms with van der Waals surface area (Å²) in [6.45, 7) is 13.8. The van der Waals surface area contributed by atoms with Crippen LogP contribution in [0.4, 0.5) is 0 Å². The molecule has 0 saturated carbocycles. The number of guanidine groups is 1. The predicted molar refractivity (Wildman–Crippen MR) is 94.4 cm³/mol. The van der Waals surface area contributed by atoms with Gasteiger partial charge in [0.15, 0.2) is 5.96 Å². The summed E-state index contributed by atoms with van der Waals surface area (Å²) in [4.78, 5) is 4.26. The van der Waals surface area contributed by atoms with Crippen molar-refractivity contribution in [2.24, 2.45) is 10.4 Å². The monoisotopic (exact) mass is 307 g/mol. The van der Waals surface area contributed by atoms with Gasteiger partial charge in [-0.2, -0.15) is 5.10 Å². The van der Waals surface area contributed by atoms with Crippen molar-refractivity contribution in [3.05, 3.63) is 17.5 Å². The van der Waals surface area contributed by atoms with Gasteiger partial charge in [-0.25, -0.2) is 0 Å². The van der Waals surface area contributed by atoms with Gasteiger partial charge in [-0.05, 0) is 44.6 Å². The zero-order chi connectivity index (χ0) is 16.6. The van der Waals surface area contributed by atoms with E-state index in [4.69, 9.17) is 0 Å². The van der Waals surface area contributed by atoms with E-state index < -0.39 is 0 Å². The van der Waals surface area contributed by atoms with Gasteiger partial charge in [-0.15, -0.1) is 0 Å². The van der Waals surface area contributed by atoms with Crippen LogP contribution in [0.5, 0.6) is 0 Å². The van der Waals surface area contributed by atoms with Gasteiger partial charge in [0, 0.05) is 32.4 Å². The van der Waals surface area contributed by atoms with Crippen LogP contribution in [0.1, 0.15) is 51.4 Å². The molecule has 126 valence electrons. The Morgan fingerprint density at radius 2 is 1.82 bits per heavy atom. The Morgan fingerprint density at radius 3 is 2.32 bits per heavy atom. The van der Waals surface area contributed by atoms with Gasteiger partial charge in [-0.1, -0.05) is 20.8 Å². The van der Waals surface area contributed by atoms with Crippen molar-refractivity contribution in [2.45, 2.75) is 60.4 Å². The van der Waals surface area contributed by atoms with Crippen LogP contribution in [0.15, 0.2) is 11.1 Å². The molecule has 1 rings (SSSR count). The minimum absolute atomic E-state index is 0.401. The molecule has 0 spiro atoms. The largest absolute Gasteiger partial charge is 0.356 e. The molecule has 0 saturated heterocycles. The van der Waals surface area contributed by atoms with E-state index in [9.17, 15) is 0 Å². The maximum atomic E-state index is 4.47. The lowest BCUT2D eigenvalue weighted by Crippen LogP contribution is -2.38. The van der Waals surface area contributed by atoms with Crippen molar-refractivity contribution in [2.75, 3.05) is 20.1 Å². The number of rotatable bonds is 7. The summed E-state index contributed by atoms with van der Waals surface area (Å²) in [5.74, 6) is 0.891. The quantitative estimate of drug-likeness (QED) is 0.463. The zero-order valence-corrected chi connectivity index (χ0v) is 15.2. The minimum atomic E-state index is 0.401. The van der Waals surface area contributed by atoms with E-state index >= 15 is 0 Å². The minimum Gasteiger partial charge on any atom is -0.356 e. The van der Waals surface area contributed by atoms with E-state index in [0.29, 0.717) is 5.41 Å². The van der Waals surface area contributed by atoms with Crippen molar-refractivity contribution < 1.29 is 0 Å². The fourth-order valence-corrected chi connectivity index (χ4v) is 2.38. The topological polar surface area (TPSA) is 54.2 Å². The lowest BCUT2D eigenvalue weighted by molar-refractivity contribution is 0.365. The van der Waals surface area contributed by atoms with Crippen LogP contribution < -0.4 is 10.6 Å². The molecule has 0 amide bonds. The number of aliphatic imine (C=N–C) groups is 1. The van der Waals surface area contributed by atoms with Crippen LogP contribution in [0.2, 0.25) is 0 Å². The molecule has 0 atom stereocenters. The third kappa shape index (κ3) is 7.48. The van der Waals surface area contributed by atoms with Crippen molar-refractivity contribution in [1.29, 1.82) is 0 Å². The van der Waals surface area contributed by atoms with Crippen LogP contribution >= 0.6 is 0 Å². The van der Waals surface area contributed by atoms with Gasteiger partial charge in [-0.3, -0.25) is 9.67 Å². The second kappa shape index (κ2) is 8.81. The molecule has 0 aliphatic heterocycles. The molecule has 0 aromatic carbocycles. The Kier molecular flexibility index (Phi) is 7.42. The van der Waals surface area contributed by atoms with E-state index in [1.807, 2.05) is 14.0 Å². The third-order valence-corrected chi connectivity index (χ3v) is 3.56. The Hall–Kier alpha value is -1.52. The Balaban J connectivity index is 2.18. The number of aryl methyl sites for hydroxylation is 3. The molecule has 1 aromatic heterocycles. The maximum absolute atomic E-state index is 4.47. The van der Waals surface area contributed by atoms with Crippen LogP contribution in [0.3, 0.4) is 0 Å². The highest BCUT2D eigenvalue weighted by Gasteiger charge is 2.09. The van der Waals surface area contributed by atoms with Gasteiger partial charge in [0.05, 0.1) is 5.69 Å². The van der Waals surface area contributed by atoms with Crippen molar-refractivity contribution in [3.63, 3.8) is 0 Å². The highest BCUT2D eigenvalue weighted by atomic mass is 15.3. The summed E-state index contributed by atoms with van der Waals surface area (Å²) in [7, 11) is 1.82. The molecule has 0 bridgehead atoms. The summed E-state index contributed by atoms with van der Waals surface area (Å²) < 4.78 is 2.07. The molecule has 0 radical (unpaired) electrons. The average Bonchev–Trinajstić information content (AvgIpc) is 2.74. The lowest BCUT2D eigenvalue weighted by Gasteiger charge is -2.18. The first-order valence-corrected chi connectivity index (χ1v) is 8.27. The zero-order valence-electron chi connectivity index (χ0n) is 15.2. The van der Waals surface area contributed by atoms with E-state index in [1.54, 1.807) is 0 Å². The molecular formula is C17H33N5. The number of nitrogens with one attached hydrogen (secondary N) is 2. The van der Waals surface area contributed by atoms with Crippen LogP contribution in [0.25, 0.3) is 0 Å². The Labute approximate surface area is 135 Å². The van der Waals surface area contributed by atoms with E-state index in [-0.39, 0.29) is 0 Å². The standard InChI is InChI=1S/C17H33N5/c1-14-13-15(2)22(21-14)12-8-11-20-16(18-6)19-10-7-9-17(3,4)5/h13H,7-12H2,1-6H3,(H2,18,19,20). The summed E-state index contributed by atoms with van der Waals surface area (Å²) in [5, 5.41) is 11.2. The summed E-state index contributed by atoms with van der Waals surface area (Å²) in [5.41, 5.74) is 2.71. The van der Waals surface area contributed by atoms with Crippen LogP contribution in [-0.2, 0) is 6.54 Å². The number of aromatic nitrogens is 2. The highest BCUT2D eigenvalue weighted by molar-refractivity contribution is 5.79. The van der Waals surface area contributed by atoms with E-state index in [0.717, 1.165) is 44.1 Å². The molecule has 5 heteroatoms. The third-order valence-electron chi connectivity index (χ3n) is 3.56. The molecule has 1 heterocycles. The highest BCUT2D eigenvalue weighted by Crippen LogP contribution is 2.19. The second-order valence-electron chi connectivity index (χ2n) is 7.09. The molecule has 0 aliphatic rings. The second-order valence-corrected chi connectivity index (χ2v) is 7.09. The van der Waals surface area contributed by atoms with Gasteiger partial charge >= 0.3 is 0 Å². The Bertz CT molecular complexity index is 468. The van der Waals surface area contributed by atoms with Crippen molar-refractivity contribution >= 4 is 5.96 Å². The number of hydrogen-bond acceptors (Lipinski definition) is 2. The van der Waals surface area contributed by atoms with E-state index in [1.165, 1.54) is 12.1 Å². The summed E-state index contributed by atoms with van der Waals surface area (Å²) >= 11 is 0. The van der Waals surface area contributed by atoms with Gasteiger partial charge in [0.1, 0.15) is 0 Å². The molecule has 0 fully saturated rings. The first-order valence-electron chi connectivity index (χ1n) is 8.27. The van der Waals surface area contributed by atoms with Gasteiger partial charge in [0.2, 0.25) is 0 Å². The first-order chi connectivity index (χ1) is 10.3. The lowest BCUT2D eigenvalue weighted by atomic mass is 9.91. The predicted octanol–water partition coefficient (Wildman–Crippen LogP) is 2.88. The van der Waals surface area contributed by atoms with Gasteiger partial charge < -0.3 is 10.6 Å². The molecular weight excluding hydrogens is 274 g/mol. The maximum Gasteiger partial charge on any atom is 0.190 e. The number of nitrogens with zero attached hydrogens (tertiary/aromatic N) is 3. The SMILES string of the molecule is CN=C(NCCCn1nc(C)cc1C)NCCCC(C)(C)C. The molecule has 22 heavy (non-hydrogen) atoms. The molecule has 2 N–H and O–H groups in total. The first kappa shape index (κ1) is 18.5. The summed E-state index contributed by atoms with van der Waals surface area (Å²) in [6.07, 6.45) is 3.41. The number of hydrogen-bond donors (Lipinski definition) is 2. The normalized spacial score (nSPS) is 12.5. The average molecular weight is 307 g/mol. The summed E-state index contributed by atoms with van der Waals surface area (Å²) in [6, 6.07) is 2.11. The van der Waals surface area contributed by atoms with Gasteiger partial charge in [0.25, 0.3) is 0 Å². The van der Waals surface area contributed by atoms with Crippen molar-refractivity contribution in [3.8, 4) is 0 Å². The Morgan fingerprint density at radius 1 is 1.18 bits per heavy atom.